The molecule has 0 aliphatic heterocycles. The first-order valence-electron chi connectivity index (χ1n) is 3.93. The fourth-order valence-corrected chi connectivity index (χ4v) is 2.38. The van der Waals surface area contributed by atoms with Crippen molar-refractivity contribution >= 4 is 0 Å². The van der Waals surface area contributed by atoms with Crippen molar-refractivity contribution in [3.05, 3.63) is 36.5 Å². The first-order chi connectivity index (χ1) is 4.88. The molecule has 0 nitrogen and oxygen atoms in total. The number of fused-ring (bicyclic) bond motifs is 2. The maximum Gasteiger partial charge on any atom is 0.0158 e. The second-order valence-electron chi connectivity index (χ2n) is 3.55. The number of rotatable bonds is 0. The van der Waals surface area contributed by atoms with Crippen molar-refractivity contribution in [2.45, 2.75) is 0 Å². The Balaban J connectivity index is 2.21. The minimum absolute atomic E-state index is 0.583. The molecule has 0 N–H and O–H groups in total. The highest BCUT2D eigenvalue weighted by molar-refractivity contribution is 5.41. The molecule has 0 aromatic carbocycles. The highest BCUT2D eigenvalue weighted by Gasteiger charge is 2.52. The number of hydrogen-bond acceptors (Lipinski definition) is 0. The third-order valence-corrected chi connectivity index (χ3v) is 3.07. The zero-order valence-corrected chi connectivity index (χ0v) is 5.83. The van der Waals surface area contributed by atoms with Crippen molar-refractivity contribution in [2.24, 2.45) is 23.7 Å². The third-order valence-electron chi connectivity index (χ3n) is 3.07. The maximum atomic E-state index is 4.12. The van der Waals surface area contributed by atoms with Gasteiger partial charge in [0.1, 0.15) is 0 Å². The van der Waals surface area contributed by atoms with Crippen molar-refractivity contribution in [1.29, 1.82) is 0 Å². The van der Waals surface area contributed by atoms with E-state index in [2.05, 4.69) is 30.9 Å². The minimum atomic E-state index is 0.583. The van der Waals surface area contributed by atoms with Crippen molar-refractivity contribution in [3.63, 3.8) is 0 Å². The van der Waals surface area contributed by atoms with E-state index in [-0.39, 0.29) is 0 Å². The highest BCUT2D eigenvalue weighted by atomic mass is 14.6. The van der Waals surface area contributed by atoms with Crippen LogP contribution in [-0.4, -0.2) is 0 Å². The van der Waals surface area contributed by atoms with Crippen LogP contribution in [0.2, 0.25) is 0 Å². The van der Waals surface area contributed by atoms with Gasteiger partial charge in [0.2, 0.25) is 0 Å². The van der Waals surface area contributed by atoms with Crippen LogP contribution in [0.3, 0.4) is 0 Å². The lowest BCUT2D eigenvalue weighted by Crippen LogP contribution is -2.05. The van der Waals surface area contributed by atoms with Gasteiger partial charge >= 0.3 is 0 Å². The number of allylic oxidation sites excluding steroid dienone is 5. The van der Waals surface area contributed by atoms with Crippen LogP contribution in [0.1, 0.15) is 0 Å². The predicted molar refractivity (Wildman–Crippen MR) is 41.4 cm³/mol. The lowest BCUT2D eigenvalue weighted by molar-refractivity contribution is 0.747. The van der Waals surface area contributed by atoms with Crippen molar-refractivity contribution in [3.8, 4) is 0 Å². The molecule has 3 aliphatic rings. The van der Waals surface area contributed by atoms with E-state index in [1.54, 1.807) is 0 Å². The summed E-state index contributed by atoms with van der Waals surface area (Å²) in [7, 11) is 0. The van der Waals surface area contributed by atoms with Crippen LogP contribution in [0.25, 0.3) is 0 Å². The molecule has 0 heterocycles. The van der Waals surface area contributed by atoms with Gasteiger partial charge in [-0.1, -0.05) is 36.5 Å². The molecule has 0 amide bonds. The standard InChI is InChI=1S/C10H10/c1-6-7-2-4-8-9(5-3-7)10(6)8/h2-5,7-10H,1H2/t7?,8-,9-,10?/m1/s1. The summed E-state index contributed by atoms with van der Waals surface area (Å²) in [5, 5.41) is 0. The van der Waals surface area contributed by atoms with Gasteiger partial charge in [0.05, 0.1) is 0 Å². The SMILES string of the molecule is C=C1C2C=C[C@H]3C1[C@@H]3C=C2. The van der Waals surface area contributed by atoms with E-state index >= 15 is 0 Å². The normalized spacial score (nSPS) is 53.4. The largest absolute Gasteiger partial charge is 0.0986 e. The molecule has 0 aromatic heterocycles. The molecule has 0 saturated heterocycles. The summed E-state index contributed by atoms with van der Waals surface area (Å²) in [6.07, 6.45) is 9.34. The summed E-state index contributed by atoms with van der Waals surface area (Å²) >= 11 is 0. The van der Waals surface area contributed by atoms with Crippen molar-refractivity contribution in [1.82, 2.24) is 0 Å². The van der Waals surface area contributed by atoms with E-state index in [0.717, 1.165) is 17.8 Å². The fourth-order valence-electron chi connectivity index (χ4n) is 2.38. The fraction of sp³-hybridized carbons (Fsp3) is 0.400. The predicted octanol–water partition coefficient (Wildman–Crippen LogP) is 2.16. The summed E-state index contributed by atoms with van der Waals surface area (Å²) in [6, 6.07) is 0. The zero-order valence-electron chi connectivity index (χ0n) is 5.83. The first-order valence-corrected chi connectivity index (χ1v) is 3.93. The average molecular weight is 130 g/mol. The van der Waals surface area contributed by atoms with Crippen LogP contribution < -0.4 is 0 Å². The third kappa shape index (κ3) is 0.377. The Kier molecular flexibility index (Phi) is 0.639. The van der Waals surface area contributed by atoms with Crippen molar-refractivity contribution < 1.29 is 0 Å². The molecule has 10 heavy (non-hydrogen) atoms. The van der Waals surface area contributed by atoms with Crippen molar-refractivity contribution in [2.75, 3.05) is 0 Å². The molecule has 3 aliphatic carbocycles. The van der Waals surface area contributed by atoms with Gasteiger partial charge < -0.3 is 0 Å². The van der Waals surface area contributed by atoms with E-state index in [9.17, 15) is 0 Å². The molecule has 3 rings (SSSR count). The Bertz CT molecular complexity index is 237. The molecule has 1 saturated carbocycles. The minimum Gasteiger partial charge on any atom is -0.0986 e. The second kappa shape index (κ2) is 1.29. The maximum absolute atomic E-state index is 4.12. The van der Waals surface area contributed by atoms with E-state index in [0.29, 0.717) is 5.92 Å². The summed E-state index contributed by atoms with van der Waals surface area (Å²) in [6.45, 7) is 4.12. The molecule has 50 valence electrons. The van der Waals surface area contributed by atoms with E-state index < -0.39 is 0 Å². The Hall–Kier alpha value is -0.780. The molecule has 0 heteroatoms. The van der Waals surface area contributed by atoms with Crippen LogP contribution in [0.5, 0.6) is 0 Å². The summed E-state index contributed by atoms with van der Waals surface area (Å²) in [4.78, 5) is 0. The second-order valence-corrected chi connectivity index (χ2v) is 3.55. The molecule has 0 radical (unpaired) electrons. The molecular formula is C10H10. The Labute approximate surface area is 60.9 Å². The molecule has 0 spiro atoms. The molecule has 0 unspecified atom stereocenters. The average Bonchev–Trinajstić information content (AvgIpc) is 2.59. The van der Waals surface area contributed by atoms with Gasteiger partial charge in [-0.15, -0.1) is 0 Å². The molecule has 2 atom stereocenters. The highest BCUT2D eigenvalue weighted by Crippen LogP contribution is 2.59. The Morgan fingerprint density at radius 1 is 1.00 bits per heavy atom. The van der Waals surface area contributed by atoms with Gasteiger partial charge in [-0.2, -0.15) is 0 Å². The van der Waals surface area contributed by atoms with E-state index in [1.165, 1.54) is 5.57 Å². The Morgan fingerprint density at radius 3 is 2.10 bits per heavy atom. The van der Waals surface area contributed by atoms with Crippen LogP contribution in [0.4, 0.5) is 0 Å². The summed E-state index contributed by atoms with van der Waals surface area (Å²) in [5.74, 6) is 3.09. The van der Waals surface area contributed by atoms with Gasteiger partial charge in [-0.25, -0.2) is 0 Å². The molecule has 2 bridgehead atoms. The van der Waals surface area contributed by atoms with E-state index in [4.69, 9.17) is 0 Å². The first kappa shape index (κ1) is 4.95. The van der Waals surface area contributed by atoms with Gasteiger partial charge in [0.15, 0.2) is 0 Å². The molecule has 1 fully saturated rings. The van der Waals surface area contributed by atoms with Crippen LogP contribution in [0, 0.1) is 23.7 Å². The molecular weight excluding hydrogens is 120 g/mol. The number of hydrogen-bond donors (Lipinski definition) is 0. The lowest BCUT2D eigenvalue weighted by atomic mass is 9.88. The smallest absolute Gasteiger partial charge is 0.0158 e. The monoisotopic (exact) mass is 130 g/mol. The van der Waals surface area contributed by atoms with E-state index in [1.807, 2.05) is 0 Å². The van der Waals surface area contributed by atoms with Gasteiger partial charge in [0, 0.05) is 5.92 Å². The van der Waals surface area contributed by atoms with Crippen LogP contribution in [0.15, 0.2) is 36.5 Å². The topological polar surface area (TPSA) is 0 Å². The quantitative estimate of drug-likeness (QED) is 0.441. The Morgan fingerprint density at radius 2 is 1.60 bits per heavy atom. The van der Waals surface area contributed by atoms with Crippen LogP contribution >= 0.6 is 0 Å². The van der Waals surface area contributed by atoms with Gasteiger partial charge in [-0.3, -0.25) is 0 Å². The zero-order chi connectivity index (χ0) is 6.72. The molecule has 0 aromatic rings. The lowest BCUT2D eigenvalue weighted by Gasteiger charge is -2.16. The van der Waals surface area contributed by atoms with Crippen LogP contribution in [-0.2, 0) is 0 Å². The van der Waals surface area contributed by atoms with Gasteiger partial charge in [-0.05, 0) is 17.8 Å². The summed E-state index contributed by atoms with van der Waals surface area (Å²) in [5.41, 5.74) is 1.46. The summed E-state index contributed by atoms with van der Waals surface area (Å²) < 4.78 is 0. The van der Waals surface area contributed by atoms with Gasteiger partial charge in [0.25, 0.3) is 0 Å².